The van der Waals surface area contributed by atoms with Gasteiger partial charge in [-0.3, -0.25) is 9.78 Å². The number of pyridine rings is 1. The molecule has 3 heteroatoms. The second kappa shape index (κ2) is 5.84. The van der Waals surface area contributed by atoms with E-state index in [4.69, 9.17) is 10.1 Å². The Kier molecular flexibility index (Phi) is 4.31. The lowest BCUT2D eigenvalue weighted by atomic mass is 9.88. The number of carboxylic acids is 1. The SMILES string of the molecule is CCc1cccc2c(CCC(=O)O)cc(C(C)(C)C)nc12. The van der Waals surface area contributed by atoms with E-state index in [9.17, 15) is 4.79 Å². The Balaban J connectivity index is 2.66. The van der Waals surface area contributed by atoms with Gasteiger partial charge >= 0.3 is 5.97 Å². The van der Waals surface area contributed by atoms with Crippen molar-refractivity contribution in [3.8, 4) is 0 Å². The lowest BCUT2D eigenvalue weighted by molar-refractivity contribution is -0.136. The minimum absolute atomic E-state index is 0.0486. The minimum Gasteiger partial charge on any atom is -0.481 e. The molecule has 0 aliphatic heterocycles. The highest BCUT2D eigenvalue weighted by atomic mass is 16.4. The van der Waals surface area contributed by atoms with Crippen LogP contribution in [0.25, 0.3) is 10.9 Å². The van der Waals surface area contributed by atoms with Crippen LogP contribution in [-0.2, 0) is 23.1 Å². The van der Waals surface area contributed by atoms with Gasteiger partial charge in [-0.05, 0) is 30.0 Å². The van der Waals surface area contributed by atoms with E-state index < -0.39 is 5.97 Å². The number of aryl methyl sites for hydroxylation is 2. The summed E-state index contributed by atoms with van der Waals surface area (Å²) in [4.78, 5) is 15.8. The molecule has 0 aliphatic carbocycles. The van der Waals surface area contributed by atoms with Crippen LogP contribution in [0.5, 0.6) is 0 Å². The van der Waals surface area contributed by atoms with Crippen LogP contribution in [-0.4, -0.2) is 16.1 Å². The number of benzene rings is 1. The van der Waals surface area contributed by atoms with E-state index >= 15 is 0 Å². The number of nitrogens with zero attached hydrogens (tertiary/aromatic N) is 1. The monoisotopic (exact) mass is 285 g/mol. The predicted octanol–water partition coefficient (Wildman–Crippen LogP) is 4.11. The maximum atomic E-state index is 10.9. The predicted molar refractivity (Wildman–Crippen MR) is 85.8 cm³/mol. The van der Waals surface area contributed by atoms with Gasteiger partial charge in [0, 0.05) is 22.9 Å². The number of rotatable bonds is 4. The van der Waals surface area contributed by atoms with E-state index in [-0.39, 0.29) is 11.8 Å². The zero-order valence-electron chi connectivity index (χ0n) is 13.2. The van der Waals surface area contributed by atoms with Crippen molar-refractivity contribution >= 4 is 16.9 Å². The molecule has 0 aliphatic rings. The summed E-state index contributed by atoms with van der Waals surface area (Å²) in [6.45, 7) is 8.53. The third kappa shape index (κ3) is 3.41. The maximum Gasteiger partial charge on any atom is 0.303 e. The third-order valence-corrected chi connectivity index (χ3v) is 3.77. The molecule has 2 rings (SSSR count). The molecule has 0 radical (unpaired) electrons. The summed E-state index contributed by atoms with van der Waals surface area (Å²) in [7, 11) is 0. The fraction of sp³-hybridized carbons (Fsp3) is 0.444. The van der Waals surface area contributed by atoms with E-state index in [1.165, 1.54) is 5.56 Å². The summed E-state index contributed by atoms with van der Waals surface area (Å²) in [6.07, 6.45) is 1.62. The summed E-state index contributed by atoms with van der Waals surface area (Å²) >= 11 is 0. The Labute approximate surface area is 126 Å². The highest BCUT2D eigenvalue weighted by Crippen LogP contribution is 2.28. The molecule has 1 aromatic heterocycles. The Morgan fingerprint density at radius 1 is 1.24 bits per heavy atom. The molecule has 21 heavy (non-hydrogen) atoms. The molecule has 0 unspecified atom stereocenters. The Bertz CT molecular complexity index is 669. The van der Waals surface area contributed by atoms with Gasteiger partial charge in [0.1, 0.15) is 0 Å². The molecule has 112 valence electrons. The van der Waals surface area contributed by atoms with Crippen molar-refractivity contribution < 1.29 is 9.90 Å². The lowest BCUT2D eigenvalue weighted by Gasteiger charge is -2.21. The lowest BCUT2D eigenvalue weighted by Crippen LogP contribution is -2.15. The fourth-order valence-corrected chi connectivity index (χ4v) is 2.50. The van der Waals surface area contributed by atoms with Gasteiger partial charge in [-0.15, -0.1) is 0 Å². The topological polar surface area (TPSA) is 50.2 Å². The van der Waals surface area contributed by atoms with Crippen molar-refractivity contribution in [2.75, 3.05) is 0 Å². The first-order chi connectivity index (χ1) is 9.82. The van der Waals surface area contributed by atoms with Crippen molar-refractivity contribution in [3.05, 3.63) is 41.1 Å². The number of hydrogen-bond donors (Lipinski definition) is 1. The first kappa shape index (κ1) is 15.5. The zero-order chi connectivity index (χ0) is 15.6. The second-order valence-electron chi connectivity index (χ2n) is 6.48. The Hall–Kier alpha value is -1.90. The van der Waals surface area contributed by atoms with Crippen molar-refractivity contribution in [1.82, 2.24) is 4.98 Å². The molecule has 0 bridgehead atoms. The van der Waals surface area contributed by atoms with Gasteiger partial charge in [-0.2, -0.15) is 0 Å². The van der Waals surface area contributed by atoms with Crippen LogP contribution in [0.1, 0.15) is 50.9 Å². The van der Waals surface area contributed by atoms with E-state index in [2.05, 4.69) is 39.8 Å². The molecule has 0 amide bonds. The van der Waals surface area contributed by atoms with Gasteiger partial charge in [0.25, 0.3) is 0 Å². The van der Waals surface area contributed by atoms with Gasteiger partial charge in [0.15, 0.2) is 0 Å². The zero-order valence-corrected chi connectivity index (χ0v) is 13.2. The van der Waals surface area contributed by atoms with Crippen molar-refractivity contribution in [1.29, 1.82) is 0 Å². The van der Waals surface area contributed by atoms with Gasteiger partial charge < -0.3 is 5.11 Å². The summed E-state index contributed by atoms with van der Waals surface area (Å²) < 4.78 is 0. The molecule has 1 N–H and O–H groups in total. The number of carbonyl (C=O) groups is 1. The average molecular weight is 285 g/mol. The van der Waals surface area contributed by atoms with Crippen LogP contribution >= 0.6 is 0 Å². The number of carboxylic acid groups (broad SMARTS) is 1. The maximum absolute atomic E-state index is 10.9. The van der Waals surface area contributed by atoms with Crippen molar-refractivity contribution in [2.24, 2.45) is 0 Å². The minimum atomic E-state index is -0.760. The number of aliphatic carboxylic acids is 1. The Morgan fingerprint density at radius 3 is 2.52 bits per heavy atom. The van der Waals surface area contributed by atoms with Gasteiger partial charge in [0.2, 0.25) is 0 Å². The highest BCUT2D eigenvalue weighted by molar-refractivity contribution is 5.86. The fourth-order valence-electron chi connectivity index (χ4n) is 2.50. The average Bonchev–Trinajstić information content (AvgIpc) is 2.42. The van der Waals surface area contributed by atoms with E-state index in [0.717, 1.165) is 28.6 Å². The molecule has 0 saturated carbocycles. The first-order valence-electron chi connectivity index (χ1n) is 7.46. The molecule has 1 aromatic carbocycles. The van der Waals surface area contributed by atoms with Gasteiger partial charge in [0.05, 0.1) is 5.52 Å². The van der Waals surface area contributed by atoms with E-state index in [0.29, 0.717) is 6.42 Å². The summed E-state index contributed by atoms with van der Waals surface area (Å²) in [5, 5.41) is 10.0. The molecule has 0 fully saturated rings. The van der Waals surface area contributed by atoms with E-state index in [1.807, 2.05) is 12.1 Å². The number of para-hydroxylation sites is 1. The normalized spacial score (nSPS) is 11.8. The van der Waals surface area contributed by atoms with Crippen LogP contribution in [0.3, 0.4) is 0 Å². The largest absolute Gasteiger partial charge is 0.481 e. The molecular formula is C18H23NO2. The van der Waals surface area contributed by atoms with Crippen molar-refractivity contribution in [3.63, 3.8) is 0 Å². The summed E-state index contributed by atoms with van der Waals surface area (Å²) in [6, 6.07) is 8.25. The first-order valence-corrected chi connectivity index (χ1v) is 7.46. The highest BCUT2D eigenvalue weighted by Gasteiger charge is 2.19. The van der Waals surface area contributed by atoms with Gasteiger partial charge in [-0.25, -0.2) is 0 Å². The number of hydrogen-bond acceptors (Lipinski definition) is 2. The van der Waals surface area contributed by atoms with Crippen LogP contribution in [0, 0.1) is 0 Å². The molecular weight excluding hydrogens is 262 g/mol. The number of aromatic nitrogens is 1. The van der Waals surface area contributed by atoms with Gasteiger partial charge in [-0.1, -0.05) is 45.9 Å². The molecule has 0 spiro atoms. The van der Waals surface area contributed by atoms with Crippen LogP contribution in [0.4, 0.5) is 0 Å². The van der Waals surface area contributed by atoms with Crippen LogP contribution in [0.15, 0.2) is 24.3 Å². The Morgan fingerprint density at radius 2 is 1.95 bits per heavy atom. The molecule has 0 atom stereocenters. The third-order valence-electron chi connectivity index (χ3n) is 3.77. The van der Waals surface area contributed by atoms with Crippen LogP contribution in [0.2, 0.25) is 0 Å². The quantitative estimate of drug-likeness (QED) is 0.919. The molecule has 0 saturated heterocycles. The smallest absolute Gasteiger partial charge is 0.303 e. The summed E-state index contributed by atoms with van der Waals surface area (Å²) in [5.74, 6) is -0.760. The standard InChI is InChI=1S/C18H23NO2/c1-5-12-7-6-8-14-13(9-10-16(20)21)11-15(18(2,3)4)19-17(12)14/h6-8,11H,5,9-10H2,1-4H3,(H,20,21). The molecule has 3 nitrogen and oxygen atoms in total. The second-order valence-corrected chi connectivity index (χ2v) is 6.48. The van der Waals surface area contributed by atoms with Crippen molar-refractivity contribution in [2.45, 2.75) is 52.4 Å². The summed E-state index contributed by atoms with van der Waals surface area (Å²) in [5.41, 5.74) is 4.30. The van der Waals surface area contributed by atoms with Crippen LogP contribution < -0.4 is 0 Å². The molecule has 1 heterocycles. The van der Waals surface area contributed by atoms with E-state index in [1.54, 1.807) is 0 Å². The molecule has 2 aromatic rings. The number of fused-ring (bicyclic) bond motifs is 1.